The van der Waals surface area contributed by atoms with Gasteiger partial charge in [-0.15, -0.1) is 0 Å². The second-order valence-electron chi connectivity index (χ2n) is 2.35. The Hall–Kier alpha value is 0.618. The summed E-state index contributed by atoms with van der Waals surface area (Å²) < 4.78 is 0. The van der Waals surface area contributed by atoms with E-state index in [0.717, 1.165) is 33.1 Å². The Balaban J connectivity index is -0.0000000767. The van der Waals surface area contributed by atoms with Crippen LogP contribution in [0.25, 0.3) is 0 Å². The van der Waals surface area contributed by atoms with Crippen LogP contribution in [0.4, 0.5) is 0 Å². The smallest absolute Gasteiger partial charge is 0.870 e. The van der Waals surface area contributed by atoms with Crippen molar-refractivity contribution in [3.8, 4) is 0 Å². The minimum absolute atomic E-state index is 0. The van der Waals surface area contributed by atoms with Crippen molar-refractivity contribution in [1.82, 2.24) is 4.90 Å². The molecule has 0 rings (SSSR count). The zero-order valence-electron chi connectivity index (χ0n) is 9.69. The van der Waals surface area contributed by atoms with E-state index in [-0.39, 0.29) is 5.48 Å². The average Bonchev–Trinajstić information content (AvgIpc) is 2.14. The van der Waals surface area contributed by atoms with Crippen molar-refractivity contribution in [2.24, 2.45) is 5.73 Å². The summed E-state index contributed by atoms with van der Waals surface area (Å²) in [5.74, 6) is -1.08. The summed E-state index contributed by atoms with van der Waals surface area (Å²) >= 11 is -0.472. The molecule has 104 valence electrons. The normalized spacial score (nSPS) is 8.19. The molecule has 0 spiro atoms. The average molecular weight is 458 g/mol. The summed E-state index contributed by atoms with van der Waals surface area (Å²) in [7, 11) is 9.75. The first-order valence-electron chi connectivity index (χ1n) is 4.42. The largest absolute Gasteiger partial charge is 0.870 e. The van der Waals surface area contributed by atoms with Gasteiger partial charge >= 0.3 is 35.3 Å². The number of carboxylic acids is 1. The number of carbonyl (C=O) groups excluding carboxylic acids is 1. The third-order valence-corrected chi connectivity index (χ3v) is 1.34. The predicted molar refractivity (Wildman–Crippen MR) is 61.2 cm³/mol. The Morgan fingerprint density at radius 1 is 1.38 bits per heavy atom. The number of likely N-dealkylation sites (N-methyl/N-ethyl adjacent to an activating group) is 1. The molecule has 0 heterocycles. The van der Waals surface area contributed by atoms with Crippen molar-refractivity contribution in [2.45, 2.75) is 20.8 Å². The molecule has 8 heteroatoms. The molecule has 0 aromatic heterocycles. The molecule has 0 aromatic carbocycles. The Morgan fingerprint density at radius 2 is 1.62 bits per heavy atom. The number of carbonyl (C=O) groups is 1. The number of aliphatic carboxylic acids is 1. The van der Waals surface area contributed by atoms with Crippen molar-refractivity contribution < 1.29 is 31.9 Å². The van der Waals surface area contributed by atoms with E-state index in [1.165, 1.54) is 0 Å². The molecular formula is C8H20Cl2N2O3Pt. The first-order chi connectivity index (χ1) is 6.99. The first kappa shape index (κ1) is 25.5. The molecule has 0 aliphatic carbocycles. The number of carboxylic acid groups (broad SMARTS) is 1. The van der Waals surface area contributed by atoms with Crippen molar-refractivity contribution in [1.29, 1.82) is 0 Å². The van der Waals surface area contributed by atoms with Gasteiger partial charge in [-0.1, -0.05) is 13.8 Å². The van der Waals surface area contributed by atoms with Crippen LogP contribution in [0.5, 0.6) is 0 Å². The number of rotatable bonds is 4. The Labute approximate surface area is 114 Å². The van der Waals surface area contributed by atoms with E-state index in [1.54, 1.807) is 0 Å². The fourth-order valence-corrected chi connectivity index (χ4v) is 0.722. The van der Waals surface area contributed by atoms with Gasteiger partial charge in [-0.3, -0.25) is 0 Å². The molecule has 0 saturated carbocycles. The van der Waals surface area contributed by atoms with E-state index in [0.29, 0.717) is 0 Å². The fraction of sp³-hybridized carbons (Fsp3) is 0.875. The van der Waals surface area contributed by atoms with E-state index < -0.39 is 22.5 Å². The summed E-state index contributed by atoms with van der Waals surface area (Å²) in [6.07, 6.45) is 0. The van der Waals surface area contributed by atoms with E-state index >= 15 is 0 Å². The van der Waals surface area contributed by atoms with Gasteiger partial charge in [-0.2, -0.15) is 0 Å². The van der Waals surface area contributed by atoms with Crippen LogP contribution >= 0.6 is 18.8 Å². The molecular weight excluding hydrogens is 438 g/mol. The fourth-order valence-electron chi connectivity index (χ4n) is 0.722. The van der Waals surface area contributed by atoms with Crippen LogP contribution in [0.3, 0.4) is 0 Å². The second-order valence-corrected chi connectivity index (χ2v) is 5.64. The van der Waals surface area contributed by atoms with Gasteiger partial charge in [0.2, 0.25) is 0 Å². The molecule has 0 saturated heterocycles. The van der Waals surface area contributed by atoms with Crippen molar-refractivity contribution >= 4 is 24.8 Å². The van der Waals surface area contributed by atoms with Crippen molar-refractivity contribution in [2.75, 3.05) is 26.2 Å². The van der Waals surface area contributed by atoms with Crippen LogP contribution in [0.2, 0.25) is 0 Å². The maximum atomic E-state index is 8.89. The monoisotopic (exact) mass is 457 g/mol. The topological polar surface area (TPSA) is 99.4 Å². The summed E-state index contributed by atoms with van der Waals surface area (Å²) in [5.41, 5.74) is 5.34. The van der Waals surface area contributed by atoms with Gasteiger partial charge in [0.1, 0.15) is 0 Å². The molecule has 0 bridgehead atoms. The zero-order chi connectivity index (χ0) is 12.7. The molecule has 0 aliphatic heterocycles. The zero-order valence-corrected chi connectivity index (χ0v) is 13.5. The third-order valence-electron chi connectivity index (χ3n) is 1.34. The Kier molecular flexibility index (Phi) is 39.3. The van der Waals surface area contributed by atoms with Crippen LogP contribution in [-0.4, -0.2) is 42.5 Å². The molecule has 0 aliphatic rings. The van der Waals surface area contributed by atoms with Gasteiger partial charge in [0.25, 0.3) is 0 Å². The Morgan fingerprint density at radius 3 is 1.69 bits per heavy atom. The van der Waals surface area contributed by atoms with Gasteiger partial charge in [-0.25, -0.2) is 0 Å². The Bertz CT molecular complexity index is 126. The molecule has 0 amide bonds. The predicted octanol–water partition coefficient (Wildman–Crippen LogP) is 0.243. The molecule has 0 unspecified atom stereocenters. The molecule has 0 atom stereocenters. The van der Waals surface area contributed by atoms with Crippen LogP contribution in [-0.2, 0) is 21.3 Å². The van der Waals surface area contributed by atoms with Crippen molar-refractivity contribution in [3.05, 3.63) is 0 Å². The number of hydrogen-bond donors (Lipinski definition) is 1. The second kappa shape index (κ2) is 24.7. The number of halogens is 2. The van der Waals surface area contributed by atoms with Crippen LogP contribution in [0.15, 0.2) is 0 Å². The van der Waals surface area contributed by atoms with Gasteiger partial charge in [0, 0.05) is 19.1 Å². The minimum atomic E-state index is -1.08. The van der Waals surface area contributed by atoms with Gasteiger partial charge in [0.05, 0.1) is 0 Å². The maximum absolute atomic E-state index is 8.89. The molecule has 3 N–H and O–H groups in total. The van der Waals surface area contributed by atoms with Gasteiger partial charge < -0.3 is 26.0 Å². The van der Waals surface area contributed by atoms with Crippen LogP contribution < -0.4 is 10.8 Å². The SMILES string of the molecule is CC(=O)[O-].CCN(CC)CCN.[Cl][Pt+2][Cl].[OH-]. The van der Waals surface area contributed by atoms with E-state index in [1.807, 2.05) is 0 Å². The van der Waals surface area contributed by atoms with Gasteiger partial charge in [-0.05, 0) is 20.0 Å². The van der Waals surface area contributed by atoms with E-state index in [2.05, 4.69) is 18.7 Å². The van der Waals surface area contributed by atoms with Crippen molar-refractivity contribution in [3.63, 3.8) is 0 Å². The third kappa shape index (κ3) is 46.7. The van der Waals surface area contributed by atoms with Crippen LogP contribution in [0, 0.1) is 0 Å². The first-order valence-corrected chi connectivity index (χ1v) is 10.0. The molecule has 0 radical (unpaired) electrons. The summed E-state index contributed by atoms with van der Waals surface area (Å²) in [5, 5.41) is 8.89. The molecule has 5 nitrogen and oxygen atoms in total. The number of nitrogens with zero attached hydrogens (tertiary/aromatic N) is 1. The summed E-state index contributed by atoms with van der Waals surface area (Å²) in [4.78, 5) is 11.2. The molecule has 0 aromatic rings. The maximum Gasteiger partial charge on any atom is -0.870 e. The standard InChI is InChI=1S/C6H16N2.C2H4O2.2ClH.H2O.Pt/c1-3-8(4-2)6-5-7;1-2(3)4;;;;/h3-7H2,1-2H3;1H3,(H,3,4);2*1H;1H2;/q;;;;;+4/p-4. The van der Waals surface area contributed by atoms with Crippen LogP contribution in [0.1, 0.15) is 20.8 Å². The van der Waals surface area contributed by atoms with Gasteiger partial charge in [0.15, 0.2) is 0 Å². The number of hydrogen-bond acceptors (Lipinski definition) is 5. The summed E-state index contributed by atoms with van der Waals surface area (Å²) in [6, 6.07) is 0. The minimum Gasteiger partial charge on any atom is -0.870 e. The van der Waals surface area contributed by atoms with E-state index in [4.69, 9.17) is 34.5 Å². The quantitative estimate of drug-likeness (QED) is 0.651. The molecule has 0 fully saturated rings. The molecule has 16 heavy (non-hydrogen) atoms. The number of nitrogens with two attached hydrogens (primary N) is 1. The van der Waals surface area contributed by atoms with E-state index in [9.17, 15) is 0 Å². The summed E-state index contributed by atoms with van der Waals surface area (Å²) in [6.45, 7) is 9.33.